The summed E-state index contributed by atoms with van der Waals surface area (Å²) < 4.78 is 2.02. The van der Waals surface area contributed by atoms with Crippen LogP contribution in [0.2, 0.25) is 0 Å². The van der Waals surface area contributed by atoms with E-state index in [-0.39, 0.29) is 0 Å². The smallest absolute Gasteiger partial charge is 0.234 e. The molecule has 1 aliphatic heterocycles. The topological polar surface area (TPSA) is 55.1 Å². The van der Waals surface area contributed by atoms with Gasteiger partial charge in [-0.15, -0.1) is 10.2 Å². The van der Waals surface area contributed by atoms with E-state index in [0.29, 0.717) is 12.0 Å². The van der Waals surface area contributed by atoms with Crippen LogP contribution >= 0.6 is 11.3 Å². The van der Waals surface area contributed by atoms with E-state index >= 15 is 0 Å². The molecule has 6 heteroatoms. The minimum Gasteiger partial charge on any atom is -0.308 e. The van der Waals surface area contributed by atoms with Gasteiger partial charge in [0.15, 0.2) is 5.82 Å². The summed E-state index contributed by atoms with van der Waals surface area (Å²) in [7, 11) is 0. The quantitative estimate of drug-likeness (QED) is 0.924. The first-order valence-corrected chi connectivity index (χ1v) is 8.69. The minimum atomic E-state index is 0.426. The number of rotatable bonds is 2. The zero-order valence-electron chi connectivity index (χ0n) is 11.7. The van der Waals surface area contributed by atoms with Gasteiger partial charge in [0.05, 0.1) is 6.04 Å². The lowest BCUT2D eigenvalue weighted by Crippen LogP contribution is -2.26. The highest BCUT2D eigenvalue weighted by atomic mass is 32.1. The molecule has 0 amide bonds. The third-order valence-corrected chi connectivity index (χ3v) is 5.62. The standard InChI is InChI=1S/C14H21N5S/c1-2-6-10(7-3-1)12-16-17-14-19(12)18-13(20-14)11-8-4-5-9-15-11/h10-11,15H,1-9H2. The highest BCUT2D eigenvalue weighted by Gasteiger charge is 2.25. The van der Waals surface area contributed by atoms with Crippen molar-refractivity contribution in [1.29, 1.82) is 0 Å². The van der Waals surface area contributed by atoms with Crippen molar-refractivity contribution in [2.75, 3.05) is 6.54 Å². The number of nitrogens with one attached hydrogen (secondary N) is 1. The number of hydrogen-bond acceptors (Lipinski definition) is 5. The minimum absolute atomic E-state index is 0.426. The van der Waals surface area contributed by atoms with Crippen LogP contribution in [0.15, 0.2) is 0 Å². The summed E-state index contributed by atoms with van der Waals surface area (Å²) in [4.78, 5) is 0.966. The van der Waals surface area contributed by atoms with Crippen molar-refractivity contribution in [1.82, 2.24) is 25.1 Å². The molecule has 2 fully saturated rings. The summed E-state index contributed by atoms with van der Waals surface area (Å²) in [6.07, 6.45) is 10.3. The van der Waals surface area contributed by atoms with E-state index in [9.17, 15) is 0 Å². The number of hydrogen-bond donors (Lipinski definition) is 1. The van der Waals surface area contributed by atoms with Crippen molar-refractivity contribution in [3.63, 3.8) is 0 Å². The Morgan fingerprint density at radius 3 is 2.65 bits per heavy atom. The lowest BCUT2D eigenvalue weighted by Gasteiger charge is -2.21. The molecule has 108 valence electrons. The van der Waals surface area contributed by atoms with E-state index in [1.165, 1.54) is 56.4 Å². The number of nitrogens with zero attached hydrogens (tertiary/aromatic N) is 4. The van der Waals surface area contributed by atoms with Gasteiger partial charge in [-0.05, 0) is 32.2 Å². The molecule has 20 heavy (non-hydrogen) atoms. The van der Waals surface area contributed by atoms with Crippen LogP contribution in [0.5, 0.6) is 0 Å². The van der Waals surface area contributed by atoms with Crippen LogP contribution in [0, 0.1) is 0 Å². The summed E-state index contributed by atoms with van der Waals surface area (Å²) in [6, 6.07) is 0.426. The summed E-state index contributed by atoms with van der Waals surface area (Å²) in [5.41, 5.74) is 0. The molecular weight excluding hydrogens is 270 g/mol. The fraction of sp³-hybridized carbons (Fsp3) is 0.786. The Morgan fingerprint density at radius 2 is 1.85 bits per heavy atom. The van der Waals surface area contributed by atoms with Crippen molar-refractivity contribution in [3.8, 4) is 0 Å². The molecule has 1 saturated carbocycles. The van der Waals surface area contributed by atoms with Crippen LogP contribution in [0.1, 0.15) is 74.2 Å². The number of fused-ring (bicyclic) bond motifs is 1. The Labute approximate surface area is 122 Å². The Kier molecular flexibility index (Phi) is 3.44. The van der Waals surface area contributed by atoms with Crippen molar-refractivity contribution in [2.45, 2.75) is 63.3 Å². The maximum Gasteiger partial charge on any atom is 0.234 e. The van der Waals surface area contributed by atoms with Crippen LogP contribution in [0.3, 0.4) is 0 Å². The average molecular weight is 291 g/mol. The molecule has 0 spiro atoms. The Balaban J connectivity index is 1.63. The van der Waals surface area contributed by atoms with Gasteiger partial charge < -0.3 is 5.32 Å². The molecule has 3 heterocycles. The van der Waals surface area contributed by atoms with Gasteiger partial charge in [0.2, 0.25) is 4.96 Å². The Bertz CT molecular complexity index is 577. The van der Waals surface area contributed by atoms with Gasteiger partial charge in [0, 0.05) is 5.92 Å². The molecule has 2 aromatic rings. The maximum absolute atomic E-state index is 4.82. The molecule has 1 aliphatic carbocycles. The average Bonchev–Trinajstić information content (AvgIpc) is 3.09. The molecule has 1 saturated heterocycles. The second-order valence-corrected chi connectivity index (χ2v) is 7.02. The maximum atomic E-state index is 4.82. The molecule has 1 atom stereocenters. The van der Waals surface area contributed by atoms with E-state index < -0.39 is 0 Å². The van der Waals surface area contributed by atoms with Crippen molar-refractivity contribution >= 4 is 16.3 Å². The third-order valence-electron chi connectivity index (χ3n) is 4.61. The zero-order valence-corrected chi connectivity index (χ0v) is 12.5. The molecule has 1 unspecified atom stereocenters. The fourth-order valence-corrected chi connectivity index (χ4v) is 4.42. The first-order valence-electron chi connectivity index (χ1n) is 7.87. The largest absolute Gasteiger partial charge is 0.308 e. The number of piperidine rings is 1. The first kappa shape index (κ1) is 12.7. The van der Waals surface area contributed by atoms with Gasteiger partial charge in [0.1, 0.15) is 5.01 Å². The van der Waals surface area contributed by atoms with Crippen molar-refractivity contribution < 1.29 is 0 Å². The molecular formula is C14H21N5S. The van der Waals surface area contributed by atoms with Gasteiger partial charge in [-0.3, -0.25) is 0 Å². The Morgan fingerprint density at radius 1 is 1.00 bits per heavy atom. The highest BCUT2D eigenvalue weighted by molar-refractivity contribution is 7.16. The molecule has 2 aliphatic rings. The first-order chi connectivity index (χ1) is 9.92. The molecule has 0 bridgehead atoms. The summed E-state index contributed by atoms with van der Waals surface area (Å²) in [5.74, 6) is 1.66. The molecule has 4 rings (SSSR count). The summed E-state index contributed by atoms with van der Waals surface area (Å²) >= 11 is 1.70. The predicted octanol–water partition coefficient (Wildman–Crippen LogP) is 3.05. The fourth-order valence-electron chi connectivity index (χ4n) is 3.47. The van der Waals surface area contributed by atoms with E-state index in [0.717, 1.165) is 17.3 Å². The van der Waals surface area contributed by atoms with E-state index in [1.807, 2.05) is 4.52 Å². The molecule has 1 N–H and O–H groups in total. The van der Waals surface area contributed by atoms with Crippen LogP contribution in [0.25, 0.3) is 4.96 Å². The monoisotopic (exact) mass is 291 g/mol. The van der Waals surface area contributed by atoms with Gasteiger partial charge in [-0.1, -0.05) is 37.0 Å². The number of aromatic nitrogens is 4. The Hall–Kier alpha value is -1.01. The molecule has 2 aromatic heterocycles. The van der Waals surface area contributed by atoms with E-state index in [1.54, 1.807) is 11.3 Å². The molecule has 0 radical (unpaired) electrons. The third kappa shape index (κ3) is 2.24. The van der Waals surface area contributed by atoms with Gasteiger partial charge in [-0.25, -0.2) is 0 Å². The van der Waals surface area contributed by atoms with Crippen molar-refractivity contribution in [3.05, 3.63) is 10.8 Å². The lowest BCUT2D eigenvalue weighted by molar-refractivity contribution is 0.404. The zero-order chi connectivity index (χ0) is 13.4. The molecule has 5 nitrogen and oxygen atoms in total. The molecule has 0 aromatic carbocycles. The van der Waals surface area contributed by atoms with Crippen LogP contribution < -0.4 is 5.32 Å². The van der Waals surface area contributed by atoms with E-state index in [2.05, 4.69) is 15.5 Å². The van der Waals surface area contributed by atoms with Crippen LogP contribution in [-0.2, 0) is 0 Å². The SMILES string of the molecule is C1CCC(c2nnc3sc(C4CCCCN4)nn23)CC1. The predicted molar refractivity (Wildman–Crippen MR) is 79.1 cm³/mol. The highest BCUT2D eigenvalue weighted by Crippen LogP contribution is 2.33. The van der Waals surface area contributed by atoms with Crippen molar-refractivity contribution in [2.24, 2.45) is 0 Å². The van der Waals surface area contributed by atoms with Gasteiger partial charge >= 0.3 is 0 Å². The summed E-state index contributed by atoms with van der Waals surface area (Å²) in [6.45, 7) is 1.11. The van der Waals surface area contributed by atoms with Gasteiger partial charge in [0.25, 0.3) is 0 Å². The van der Waals surface area contributed by atoms with E-state index in [4.69, 9.17) is 5.10 Å². The van der Waals surface area contributed by atoms with Crippen LogP contribution in [0.4, 0.5) is 0 Å². The second-order valence-electron chi connectivity index (χ2n) is 6.03. The summed E-state index contributed by atoms with van der Waals surface area (Å²) in [5, 5.41) is 18.3. The lowest BCUT2D eigenvalue weighted by atomic mass is 9.89. The second kappa shape index (κ2) is 5.41. The van der Waals surface area contributed by atoms with Gasteiger partial charge in [-0.2, -0.15) is 9.61 Å². The van der Waals surface area contributed by atoms with Crippen LogP contribution in [-0.4, -0.2) is 26.4 Å². The normalized spacial score (nSPS) is 25.3.